The summed E-state index contributed by atoms with van der Waals surface area (Å²) in [7, 11) is 1.63. The molecule has 3 aromatic rings. The molecular formula is C29H30N4O2. The summed E-state index contributed by atoms with van der Waals surface area (Å²) in [5.41, 5.74) is 3.75. The standard InChI is InChI=1S/C29H30N4O2/c1-35-25-14-12-24(13-15-25)31-29(34)33-18-6-5-17-32-20-26(28(32)21-33)27-16-11-23(19-30-27)10-9-22-7-3-2-4-8-22/h2-4,7-8,11-16,19,26,28H,5-6,17-18,20-21H2,1H3,(H,31,34)/t26-,28+/m1/s1. The van der Waals surface area contributed by atoms with Crippen LogP contribution in [0.2, 0.25) is 0 Å². The minimum Gasteiger partial charge on any atom is -0.497 e. The van der Waals surface area contributed by atoms with E-state index in [0.29, 0.717) is 12.5 Å². The third kappa shape index (κ3) is 5.47. The monoisotopic (exact) mass is 466 g/mol. The second kappa shape index (κ2) is 10.6. The fourth-order valence-corrected chi connectivity index (χ4v) is 4.78. The number of nitrogens with one attached hydrogen (secondary N) is 1. The molecule has 178 valence electrons. The number of nitrogens with zero attached hydrogens (tertiary/aromatic N) is 3. The van der Waals surface area contributed by atoms with Crippen LogP contribution in [-0.2, 0) is 0 Å². The molecule has 0 spiro atoms. The molecule has 2 atom stereocenters. The topological polar surface area (TPSA) is 57.7 Å². The summed E-state index contributed by atoms with van der Waals surface area (Å²) in [6.07, 6.45) is 3.97. The average molecular weight is 467 g/mol. The highest BCUT2D eigenvalue weighted by atomic mass is 16.5. The summed E-state index contributed by atoms with van der Waals surface area (Å²) in [5, 5.41) is 3.04. The van der Waals surface area contributed by atoms with Crippen molar-refractivity contribution in [2.75, 3.05) is 38.6 Å². The van der Waals surface area contributed by atoms with Crippen molar-refractivity contribution in [1.29, 1.82) is 0 Å². The van der Waals surface area contributed by atoms with Gasteiger partial charge in [-0.15, -0.1) is 0 Å². The molecule has 2 fully saturated rings. The lowest BCUT2D eigenvalue weighted by atomic mass is 9.84. The minimum atomic E-state index is -0.0536. The first-order valence-corrected chi connectivity index (χ1v) is 12.2. The molecule has 2 amide bonds. The molecule has 6 heteroatoms. The van der Waals surface area contributed by atoms with Gasteiger partial charge in [0, 0.05) is 60.3 Å². The Balaban J connectivity index is 1.24. The van der Waals surface area contributed by atoms with Gasteiger partial charge >= 0.3 is 6.03 Å². The van der Waals surface area contributed by atoms with E-state index < -0.39 is 0 Å². The van der Waals surface area contributed by atoms with Gasteiger partial charge in [-0.25, -0.2) is 4.79 Å². The lowest BCUT2D eigenvalue weighted by Crippen LogP contribution is -2.61. The first-order chi connectivity index (χ1) is 17.2. The van der Waals surface area contributed by atoms with E-state index in [9.17, 15) is 4.79 Å². The quantitative estimate of drug-likeness (QED) is 0.574. The van der Waals surface area contributed by atoms with E-state index in [0.717, 1.165) is 60.7 Å². The van der Waals surface area contributed by atoms with Gasteiger partial charge in [0.2, 0.25) is 0 Å². The summed E-state index contributed by atoms with van der Waals surface area (Å²) in [5.74, 6) is 7.47. The highest BCUT2D eigenvalue weighted by molar-refractivity contribution is 5.89. The zero-order valence-electron chi connectivity index (χ0n) is 20.0. The van der Waals surface area contributed by atoms with E-state index in [1.807, 2.05) is 65.7 Å². The van der Waals surface area contributed by atoms with Gasteiger partial charge in [0.1, 0.15) is 5.75 Å². The summed E-state index contributed by atoms with van der Waals surface area (Å²) in [6, 6.07) is 21.8. The van der Waals surface area contributed by atoms with Crippen molar-refractivity contribution in [2.45, 2.75) is 24.8 Å². The number of carbonyl (C=O) groups excluding carboxylic acids is 1. The molecule has 0 unspecified atom stereocenters. The number of fused-ring (bicyclic) bond motifs is 1. The Morgan fingerprint density at radius 1 is 0.943 bits per heavy atom. The van der Waals surface area contributed by atoms with E-state index in [4.69, 9.17) is 9.72 Å². The number of methoxy groups -OCH3 is 1. The van der Waals surface area contributed by atoms with Gasteiger partial charge in [-0.05, 0) is 67.9 Å². The van der Waals surface area contributed by atoms with E-state index >= 15 is 0 Å². The number of benzene rings is 2. The smallest absolute Gasteiger partial charge is 0.321 e. The summed E-state index contributed by atoms with van der Waals surface area (Å²) in [6.45, 7) is 3.53. The summed E-state index contributed by atoms with van der Waals surface area (Å²) in [4.78, 5) is 22.3. The molecule has 6 nitrogen and oxygen atoms in total. The van der Waals surface area contributed by atoms with Crippen molar-refractivity contribution in [1.82, 2.24) is 14.8 Å². The Kier molecular flexibility index (Phi) is 6.97. The van der Waals surface area contributed by atoms with Gasteiger partial charge in [-0.2, -0.15) is 0 Å². The second-order valence-corrected chi connectivity index (χ2v) is 9.07. The van der Waals surface area contributed by atoms with Crippen LogP contribution >= 0.6 is 0 Å². The zero-order chi connectivity index (χ0) is 24.0. The SMILES string of the molecule is COc1ccc(NC(=O)N2CCCCN3C[C@H](c4ccc(C#Cc5ccccc5)cn4)[C@@H]3C2)cc1. The van der Waals surface area contributed by atoms with Gasteiger partial charge in [0.25, 0.3) is 0 Å². The Hall–Kier alpha value is -3.82. The van der Waals surface area contributed by atoms with Crippen LogP contribution < -0.4 is 10.1 Å². The van der Waals surface area contributed by atoms with Crippen LogP contribution in [0, 0.1) is 11.8 Å². The molecule has 0 radical (unpaired) electrons. The molecule has 1 aromatic heterocycles. The van der Waals surface area contributed by atoms with Gasteiger partial charge in [-0.3, -0.25) is 9.88 Å². The number of carbonyl (C=O) groups is 1. The predicted octanol–water partition coefficient (Wildman–Crippen LogP) is 4.59. The van der Waals surface area contributed by atoms with Crippen LogP contribution in [0.4, 0.5) is 10.5 Å². The van der Waals surface area contributed by atoms with Gasteiger partial charge in [0.05, 0.1) is 7.11 Å². The largest absolute Gasteiger partial charge is 0.497 e. The number of pyridine rings is 1. The number of amides is 2. The van der Waals surface area contributed by atoms with Crippen molar-refractivity contribution < 1.29 is 9.53 Å². The maximum Gasteiger partial charge on any atom is 0.321 e. The lowest BCUT2D eigenvalue weighted by molar-refractivity contribution is 0.0256. The molecule has 2 aromatic carbocycles. The van der Waals surface area contributed by atoms with Crippen molar-refractivity contribution >= 4 is 11.7 Å². The van der Waals surface area contributed by atoms with E-state index in [1.54, 1.807) is 7.11 Å². The van der Waals surface area contributed by atoms with Crippen molar-refractivity contribution in [3.63, 3.8) is 0 Å². The van der Waals surface area contributed by atoms with Crippen LogP contribution in [0.1, 0.15) is 35.6 Å². The molecule has 0 bridgehead atoms. The van der Waals surface area contributed by atoms with Crippen molar-refractivity contribution in [3.05, 3.63) is 89.7 Å². The average Bonchev–Trinajstić information content (AvgIpc) is 2.88. The number of rotatable bonds is 3. The molecule has 5 rings (SSSR count). The predicted molar refractivity (Wildman–Crippen MR) is 138 cm³/mol. The summed E-state index contributed by atoms with van der Waals surface area (Å²) < 4.78 is 5.21. The number of aromatic nitrogens is 1. The Morgan fingerprint density at radius 3 is 2.46 bits per heavy atom. The molecule has 3 heterocycles. The Bertz CT molecular complexity index is 1200. The number of anilines is 1. The molecule has 35 heavy (non-hydrogen) atoms. The van der Waals surface area contributed by atoms with Crippen molar-refractivity contribution in [3.8, 4) is 17.6 Å². The maximum absolute atomic E-state index is 13.1. The van der Waals surface area contributed by atoms with Crippen LogP contribution in [0.25, 0.3) is 0 Å². The zero-order valence-corrected chi connectivity index (χ0v) is 20.0. The number of hydrogen-bond donors (Lipinski definition) is 1. The molecule has 2 aliphatic heterocycles. The van der Waals surface area contributed by atoms with E-state index in [1.165, 1.54) is 0 Å². The van der Waals surface area contributed by atoms with Crippen LogP contribution in [0.15, 0.2) is 72.9 Å². The molecule has 0 saturated carbocycles. The molecule has 0 aliphatic carbocycles. The Morgan fingerprint density at radius 2 is 1.71 bits per heavy atom. The van der Waals surface area contributed by atoms with Crippen molar-refractivity contribution in [2.24, 2.45) is 0 Å². The van der Waals surface area contributed by atoms with Crippen LogP contribution in [0.5, 0.6) is 5.75 Å². The Labute approximate surface area is 206 Å². The highest BCUT2D eigenvalue weighted by Crippen LogP contribution is 2.35. The third-order valence-corrected chi connectivity index (χ3v) is 6.82. The van der Waals surface area contributed by atoms with Crippen LogP contribution in [-0.4, -0.2) is 60.1 Å². The minimum absolute atomic E-state index is 0.0536. The first-order valence-electron chi connectivity index (χ1n) is 12.2. The molecule has 2 aliphatic rings. The van der Waals surface area contributed by atoms with Gasteiger partial charge in [0.15, 0.2) is 0 Å². The number of urea groups is 1. The van der Waals surface area contributed by atoms with Crippen LogP contribution in [0.3, 0.4) is 0 Å². The third-order valence-electron chi connectivity index (χ3n) is 6.82. The molecule has 1 N–H and O–H groups in total. The first kappa shape index (κ1) is 22.9. The molecular weight excluding hydrogens is 436 g/mol. The maximum atomic E-state index is 13.1. The fraction of sp³-hybridized carbons (Fsp3) is 0.310. The number of ether oxygens (including phenoxy) is 1. The van der Waals surface area contributed by atoms with E-state index in [-0.39, 0.29) is 12.1 Å². The van der Waals surface area contributed by atoms with Gasteiger partial charge < -0.3 is 15.0 Å². The van der Waals surface area contributed by atoms with E-state index in [2.05, 4.69) is 34.2 Å². The highest BCUT2D eigenvalue weighted by Gasteiger charge is 2.42. The van der Waals surface area contributed by atoms with Gasteiger partial charge in [-0.1, -0.05) is 30.0 Å². The normalized spacial score (nSPS) is 19.7. The summed E-state index contributed by atoms with van der Waals surface area (Å²) >= 11 is 0. The number of hydrogen-bond acceptors (Lipinski definition) is 4. The fourth-order valence-electron chi connectivity index (χ4n) is 4.78. The lowest BCUT2D eigenvalue weighted by Gasteiger charge is -2.50. The molecule has 2 saturated heterocycles. The second-order valence-electron chi connectivity index (χ2n) is 9.07.